The molecular formula is C15H18N2O2S. The third kappa shape index (κ3) is 2.40. The highest BCUT2D eigenvalue weighted by atomic mass is 32.2. The van der Waals surface area contributed by atoms with Gasteiger partial charge in [-0.05, 0) is 48.9 Å². The quantitative estimate of drug-likeness (QED) is 0.930. The van der Waals surface area contributed by atoms with Crippen LogP contribution < -0.4 is 4.72 Å². The normalized spacial score (nSPS) is 24.1. The second-order valence-electron chi connectivity index (χ2n) is 5.95. The van der Waals surface area contributed by atoms with E-state index >= 15 is 0 Å². The van der Waals surface area contributed by atoms with E-state index in [1.807, 2.05) is 6.07 Å². The molecule has 2 aliphatic carbocycles. The minimum atomic E-state index is -3.30. The van der Waals surface area contributed by atoms with Gasteiger partial charge in [-0.15, -0.1) is 0 Å². The third-order valence-corrected chi connectivity index (χ3v) is 6.55. The number of hydrogen-bond acceptors (Lipinski definition) is 3. The average molecular weight is 290 g/mol. The maximum absolute atomic E-state index is 12.4. The molecule has 3 rings (SSSR count). The van der Waals surface area contributed by atoms with Crippen molar-refractivity contribution in [3.05, 3.63) is 29.8 Å². The largest absolute Gasteiger partial charge is 0.283 e. The van der Waals surface area contributed by atoms with Crippen LogP contribution in [0.25, 0.3) is 0 Å². The first-order valence-corrected chi connectivity index (χ1v) is 8.62. The average Bonchev–Trinajstić information content (AvgIpc) is 3.15. The highest BCUT2D eigenvalue weighted by Crippen LogP contribution is 2.59. The Morgan fingerprint density at radius 3 is 2.40 bits per heavy atom. The molecule has 1 spiro atoms. The van der Waals surface area contributed by atoms with E-state index in [9.17, 15) is 8.42 Å². The number of nitrogens with zero attached hydrogens (tertiary/aromatic N) is 1. The number of rotatable bonds is 3. The first kappa shape index (κ1) is 13.4. The molecule has 0 aliphatic heterocycles. The van der Waals surface area contributed by atoms with E-state index in [-0.39, 0.29) is 10.7 Å². The van der Waals surface area contributed by atoms with Gasteiger partial charge in [-0.2, -0.15) is 5.26 Å². The highest BCUT2D eigenvalue weighted by Gasteiger charge is 2.60. The van der Waals surface area contributed by atoms with E-state index in [4.69, 9.17) is 5.26 Å². The zero-order chi connectivity index (χ0) is 14.2. The summed E-state index contributed by atoms with van der Waals surface area (Å²) in [5.74, 6) is 0. The van der Waals surface area contributed by atoms with Crippen LogP contribution in [0.2, 0.25) is 0 Å². The van der Waals surface area contributed by atoms with Crippen molar-refractivity contribution in [2.45, 2.75) is 43.8 Å². The summed E-state index contributed by atoms with van der Waals surface area (Å²) in [6.07, 6.45) is 6.44. The van der Waals surface area contributed by atoms with Gasteiger partial charge in [0.1, 0.15) is 0 Å². The molecule has 5 heteroatoms. The Balaban J connectivity index is 1.72. The summed E-state index contributed by atoms with van der Waals surface area (Å²) >= 11 is 0. The fourth-order valence-electron chi connectivity index (χ4n) is 3.38. The SMILES string of the molecule is N#Cc1ccc(NS(=O)(=O)C2CC23CCCCC3)cc1. The van der Waals surface area contributed by atoms with Crippen LogP contribution in [0.3, 0.4) is 0 Å². The Labute approximate surface area is 119 Å². The molecule has 20 heavy (non-hydrogen) atoms. The predicted molar refractivity (Wildman–Crippen MR) is 77.6 cm³/mol. The predicted octanol–water partition coefficient (Wildman–Crippen LogP) is 3.02. The number of nitrogens with one attached hydrogen (secondary N) is 1. The number of anilines is 1. The standard InChI is InChI=1S/C15H18N2O2S/c16-11-12-4-6-13(7-5-12)17-20(18,19)14-10-15(14)8-2-1-3-9-15/h4-7,14,17H,1-3,8-10H2. The maximum atomic E-state index is 12.4. The van der Waals surface area contributed by atoms with E-state index in [0.717, 1.165) is 32.1 Å². The summed E-state index contributed by atoms with van der Waals surface area (Å²) in [6.45, 7) is 0. The van der Waals surface area contributed by atoms with Crippen LogP contribution in [0, 0.1) is 16.7 Å². The Bertz CT molecular complexity index is 637. The highest BCUT2D eigenvalue weighted by molar-refractivity contribution is 7.93. The molecule has 0 saturated heterocycles. The number of nitriles is 1. The Hall–Kier alpha value is -1.54. The Morgan fingerprint density at radius 1 is 1.15 bits per heavy atom. The van der Waals surface area contributed by atoms with E-state index in [2.05, 4.69) is 4.72 Å². The lowest BCUT2D eigenvalue weighted by Gasteiger charge is -2.22. The summed E-state index contributed by atoms with van der Waals surface area (Å²) in [6, 6.07) is 8.56. The zero-order valence-electron chi connectivity index (χ0n) is 11.3. The van der Waals surface area contributed by atoms with Crippen LogP contribution in [-0.2, 0) is 10.0 Å². The molecule has 106 valence electrons. The lowest BCUT2D eigenvalue weighted by molar-refractivity contribution is 0.337. The van der Waals surface area contributed by atoms with Gasteiger partial charge in [0.15, 0.2) is 0 Å². The maximum Gasteiger partial charge on any atom is 0.236 e. The lowest BCUT2D eigenvalue weighted by atomic mass is 9.86. The minimum absolute atomic E-state index is 0.0523. The molecule has 1 aromatic carbocycles. The van der Waals surface area contributed by atoms with Gasteiger partial charge in [0, 0.05) is 5.69 Å². The first-order valence-electron chi connectivity index (χ1n) is 7.08. The fourth-order valence-corrected chi connectivity index (χ4v) is 5.43. The molecule has 0 aromatic heterocycles. The molecule has 1 aromatic rings. The second-order valence-corrected chi connectivity index (χ2v) is 7.82. The van der Waals surface area contributed by atoms with Crippen molar-refractivity contribution in [3.63, 3.8) is 0 Å². The van der Waals surface area contributed by atoms with E-state index < -0.39 is 10.0 Å². The van der Waals surface area contributed by atoms with Crippen LogP contribution in [0.15, 0.2) is 24.3 Å². The Kier molecular flexibility index (Phi) is 3.21. The molecule has 0 amide bonds. The van der Waals surface area contributed by atoms with Gasteiger partial charge in [-0.3, -0.25) is 4.72 Å². The molecule has 2 fully saturated rings. The van der Waals surface area contributed by atoms with Crippen LogP contribution in [0.4, 0.5) is 5.69 Å². The number of sulfonamides is 1. The molecule has 0 bridgehead atoms. The number of benzene rings is 1. The molecule has 0 heterocycles. The molecule has 2 saturated carbocycles. The van der Waals surface area contributed by atoms with Gasteiger partial charge in [0.2, 0.25) is 10.0 Å². The topological polar surface area (TPSA) is 70.0 Å². The van der Waals surface area contributed by atoms with E-state index in [0.29, 0.717) is 11.3 Å². The fraction of sp³-hybridized carbons (Fsp3) is 0.533. The van der Waals surface area contributed by atoms with Crippen molar-refractivity contribution < 1.29 is 8.42 Å². The molecule has 2 aliphatic rings. The summed E-state index contributed by atoms with van der Waals surface area (Å²) in [4.78, 5) is 0. The van der Waals surface area contributed by atoms with Gasteiger partial charge >= 0.3 is 0 Å². The van der Waals surface area contributed by atoms with Crippen molar-refractivity contribution in [3.8, 4) is 6.07 Å². The summed E-state index contributed by atoms with van der Waals surface area (Å²) in [7, 11) is -3.30. The lowest BCUT2D eigenvalue weighted by Crippen LogP contribution is -2.24. The van der Waals surface area contributed by atoms with Crippen LogP contribution in [-0.4, -0.2) is 13.7 Å². The minimum Gasteiger partial charge on any atom is -0.283 e. The van der Waals surface area contributed by atoms with Crippen molar-refractivity contribution in [2.24, 2.45) is 5.41 Å². The van der Waals surface area contributed by atoms with Crippen molar-refractivity contribution in [1.82, 2.24) is 0 Å². The monoisotopic (exact) mass is 290 g/mol. The first-order chi connectivity index (χ1) is 9.56. The van der Waals surface area contributed by atoms with Crippen molar-refractivity contribution in [1.29, 1.82) is 5.26 Å². The van der Waals surface area contributed by atoms with Gasteiger partial charge < -0.3 is 0 Å². The third-order valence-electron chi connectivity index (χ3n) is 4.61. The van der Waals surface area contributed by atoms with E-state index in [1.54, 1.807) is 24.3 Å². The summed E-state index contributed by atoms with van der Waals surface area (Å²) < 4.78 is 27.5. The molecule has 0 radical (unpaired) electrons. The van der Waals surface area contributed by atoms with Gasteiger partial charge in [-0.25, -0.2) is 8.42 Å². The van der Waals surface area contributed by atoms with Crippen LogP contribution in [0.1, 0.15) is 44.1 Å². The van der Waals surface area contributed by atoms with Gasteiger partial charge in [0.05, 0.1) is 16.9 Å². The molecule has 4 nitrogen and oxygen atoms in total. The van der Waals surface area contributed by atoms with Gasteiger partial charge in [-0.1, -0.05) is 19.3 Å². The van der Waals surface area contributed by atoms with Crippen molar-refractivity contribution in [2.75, 3.05) is 4.72 Å². The van der Waals surface area contributed by atoms with Crippen molar-refractivity contribution >= 4 is 15.7 Å². The summed E-state index contributed by atoms with van der Waals surface area (Å²) in [5, 5.41) is 8.51. The van der Waals surface area contributed by atoms with Crippen LogP contribution in [0.5, 0.6) is 0 Å². The van der Waals surface area contributed by atoms with E-state index in [1.165, 1.54) is 6.42 Å². The summed E-state index contributed by atoms with van der Waals surface area (Å²) in [5.41, 5.74) is 1.13. The molecule has 1 unspecified atom stereocenters. The molecule has 1 atom stereocenters. The molecular weight excluding hydrogens is 272 g/mol. The molecule has 1 N–H and O–H groups in total. The zero-order valence-corrected chi connectivity index (χ0v) is 12.1. The van der Waals surface area contributed by atoms with Crippen LogP contribution >= 0.6 is 0 Å². The Morgan fingerprint density at radius 2 is 1.80 bits per heavy atom. The second kappa shape index (κ2) is 4.78. The smallest absolute Gasteiger partial charge is 0.236 e. The van der Waals surface area contributed by atoms with Gasteiger partial charge in [0.25, 0.3) is 0 Å². The number of hydrogen-bond donors (Lipinski definition) is 1.